The van der Waals surface area contributed by atoms with Gasteiger partial charge in [-0.05, 0) is 47.0 Å². The van der Waals surface area contributed by atoms with E-state index in [-0.39, 0.29) is 12.4 Å². The first kappa shape index (κ1) is 16.8. The summed E-state index contributed by atoms with van der Waals surface area (Å²) in [5, 5.41) is 21.0. The number of anilines is 1. The van der Waals surface area contributed by atoms with Crippen LogP contribution in [0.15, 0.2) is 27.8 Å². The fourth-order valence-corrected chi connectivity index (χ4v) is 2.87. The van der Waals surface area contributed by atoms with Crippen LogP contribution >= 0.6 is 15.9 Å². The van der Waals surface area contributed by atoms with E-state index in [0.29, 0.717) is 18.2 Å². The number of oxime groups is 1. The number of nitrogens with zero attached hydrogens (tertiary/aromatic N) is 2. The summed E-state index contributed by atoms with van der Waals surface area (Å²) in [5.74, 6) is 0.0691. The highest BCUT2D eigenvalue weighted by Crippen LogP contribution is 2.26. The Morgan fingerprint density at radius 2 is 2.05 bits per heavy atom. The van der Waals surface area contributed by atoms with Gasteiger partial charge in [0, 0.05) is 28.3 Å². The minimum Gasteiger partial charge on any atom is -0.409 e. The number of aliphatic hydroxyl groups excluding tert-OH is 1. The predicted molar refractivity (Wildman–Crippen MR) is 85.5 cm³/mol. The molecule has 1 aromatic rings. The zero-order valence-corrected chi connectivity index (χ0v) is 13.5. The van der Waals surface area contributed by atoms with E-state index in [2.05, 4.69) is 39.8 Å². The van der Waals surface area contributed by atoms with Gasteiger partial charge in [0.1, 0.15) is 0 Å². The lowest BCUT2D eigenvalue weighted by Crippen LogP contribution is -2.36. The molecule has 0 aliphatic rings. The Balaban J connectivity index is 3.12. The molecule has 6 heteroatoms. The molecule has 0 radical (unpaired) electrons. The van der Waals surface area contributed by atoms with Crippen molar-refractivity contribution < 1.29 is 10.3 Å². The summed E-state index contributed by atoms with van der Waals surface area (Å²) in [7, 11) is 0. The largest absolute Gasteiger partial charge is 0.409 e. The van der Waals surface area contributed by atoms with Crippen molar-refractivity contribution in [3.63, 3.8) is 0 Å². The fourth-order valence-electron chi connectivity index (χ4n) is 2.30. The quantitative estimate of drug-likeness (QED) is 0.307. The van der Waals surface area contributed by atoms with Gasteiger partial charge in [0.05, 0.1) is 6.61 Å². The van der Waals surface area contributed by atoms with Gasteiger partial charge in [-0.2, -0.15) is 0 Å². The highest BCUT2D eigenvalue weighted by atomic mass is 79.9. The van der Waals surface area contributed by atoms with Gasteiger partial charge in [-0.3, -0.25) is 0 Å². The number of hydrogen-bond acceptors (Lipinski definition) is 4. The highest BCUT2D eigenvalue weighted by Gasteiger charge is 2.16. The monoisotopic (exact) mass is 343 g/mol. The van der Waals surface area contributed by atoms with Crippen LogP contribution in [0.3, 0.4) is 0 Å². The van der Waals surface area contributed by atoms with E-state index >= 15 is 0 Å². The van der Waals surface area contributed by atoms with Crippen LogP contribution < -0.4 is 10.6 Å². The summed E-state index contributed by atoms with van der Waals surface area (Å²) in [5.41, 5.74) is 7.26. The minimum atomic E-state index is 0.0691. The van der Waals surface area contributed by atoms with Crippen LogP contribution in [0.1, 0.15) is 32.3 Å². The van der Waals surface area contributed by atoms with E-state index in [0.717, 1.165) is 23.0 Å². The molecule has 112 valence electrons. The van der Waals surface area contributed by atoms with Crippen molar-refractivity contribution >= 4 is 27.5 Å². The third-order valence-electron chi connectivity index (χ3n) is 3.39. The molecule has 4 N–H and O–H groups in total. The molecule has 0 unspecified atom stereocenters. The topological polar surface area (TPSA) is 82.1 Å². The van der Waals surface area contributed by atoms with E-state index in [4.69, 9.17) is 10.9 Å². The summed E-state index contributed by atoms with van der Waals surface area (Å²) in [6.07, 6.45) is 2.02. The van der Waals surface area contributed by atoms with E-state index in [1.165, 1.54) is 0 Å². The second-order valence-electron chi connectivity index (χ2n) is 4.54. The van der Waals surface area contributed by atoms with Crippen molar-refractivity contribution in [2.75, 3.05) is 18.1 Å². The van der Waals surface area contributed by atoms with Crippen LogP contribution in [0.2, 0.25) is 0 Å². The lowest BCUT2D eigenvalue weighted by Gasteiger charge is -2.32. The molecule has 1 rings (SSSR count). The molecule has 0 amide bonds. The normalized spacial score (nSPS) is 11.9. The lowest BCUT2D eigenvalue weighted by molar-refractivity contribution is 0.296. The Morgan fingerprint density at radius 3 is 2.50 bits per heavy atom. The fraction of sp³-hybridized carbons (Fsp3) is 0.500. The molecule has 0 heterocycles. The number of nitrogens with two attached hydrogens (primary N) is 1. The van der Waals surface area contributed by atoms with Crippen LogP contribution in [0, 0.1) is 0 Å². The van der Waals surface area contributed by atoms with Gasteiger partial charge in [0.2, 0.25) is 0 Å². The first-order valence-corrected chi connectivity index (χ1v) is 7.53. The standard InChI is InChI=1S/C14H22BrN3O2/c1-3-10(4-2)18(7-8-19)11-5-6-12(13(15)9-11)14(16)17-20/h5-6,9-10,19-20H,3-4,7-8H2,1-2H3,(H2,16,17). The third-order valence-corrected chi connectivity index (χ3v) is 4.05. The molecule has 0 saturated heterocycles. The van der Waals surface area contributed by atoms with Gasteiger partial charge in [-0.25, -0.2) is 0 Å². The Kier molecular flexibility index (Phi) is 6.81. The SMILES string of the molecule is CCC(CC)N(CCO)c1ccc(/C(N)=N/O)c(Br)c1. The number of halogens is 1. The van der Waals surface area contributed by atoms with Gasteiger partial charge in [-0.15, -0.1) is 0 Å². The summed E-state index contributed by atoms with van der Waals surface area (Å²) in [6, 6.07) is 6.04. The van der Waals surface area contributed by atoms with E-state index in [9.17, 15) is 5.11 Å². The number of aliphatic hydroxyl groups is 1. The van der Waals surface area contributed by atoms with Crippen LogP contribution in [-0.2, 0) is 0 Å². The van der Waals surface area contributed by atoms with Crippen molar-refractivity contribution in [3.05, 3.63) is 28.2 Å². The number of hydrogen-bond donors (Lipinski definition) is 3. The molecule has 20 heavy (non-hydrogen) atoms. The summed E-state index contributed by atoms with van der Waals surface area (Å²) < 4.78 is 0.763. The molecular formula is C14H22BrN3O2. The molecule has 0 bridgehead atoms. The zero-order valence-electron chi connectivity index (χ0n) is 11.9. The zero-order chi connectivity index (χ0) is 15.1. The molecule has 0 aliphatic heterocycles. The number of rotatable bonds is 7. The summed E-state index contributed by atoms with van der Waals surface area (Å²) >= 11 is 3.44. The van der Waals surface area contributed by atoms with Crippen LogP contribution in [0.25, 0.3) is 0 Å². The van der Waals surface area contributed by atoms with Gasteiger partial charge in [0.25, 0.3) is 0 Å². The lowest BCUT2D eigenvalue weighted by atomic mass is 10.1. The summed E-state index contributed by atoms with van der Waals surface area (Å²) in [4.78, 5) is 2.18. The molecule has 0 spiro atoms. The number of benzene rings is 1. The molecular weight excluding hydrogens is 322 g/mol. The van der Waals surface area contributed by atoms with E-state index < -0.39 is 0 Å². The first-order valence-electron chi connectivity index (χ1n) is 6.73. The molecule has 0 aliphatic carbocycles. The second-order valence-corrected chi connectivity index (χ2v) is 5.39. The average molecular weight is 344 g/mol. The van der Waals surface area contributed by atoms with Crippen molar-refractivity contribution in [2.45, 2.75) is 32.7 Å². The highest BCUT2D eigenvalue weighted by molar-refractivity contribution is 9.10. The Morgan fingerprint density at radius 1 is 1.40 bits per heavy atom. The Bertz CT molecular complexity index is 462. The predicted octanol–water partition coefficient (Wildman–Crippen LogP) is 2.53. The van der Waals surface area contributed by atoms with Gasteiger partial charge >= 0.3 is 0 Å². The minimum absolute atomic E-state index is 0.0691. The Hall–Kier alpha value is -1.27. The molecule has 0 fully saturated rings. The van der Waals surface area contributed by atoms with Gasteiger partial charge in [0.15, 0.2) is 5.84 Å². The molecule has 5 nitrogen and oxygen atoms in total. The smallest absolute Gasteiger partial charge is 0.171 e. The first-order chi connectivity index (χ1) is 9.58. The molecule has 0 aromatic heterocycles. The summed E-state index contributed by atoms with van der Waals surface area (Å²) in [6.45, 7) is 4.97. The molecule has 0 atom stereocenters. The van der Waals surface area contributed by atoms with Crippen LogP contribution in [0.4, 0.5) is 5.69 Å². The van der Waals surface area contributed by atoms with E-state index in [1.54, 1.807) is 6.07 Å². The van der Waals surface area contributed by atoms with Crippen molar-refractivity contribution in [3.8, 4) is 0 Å². The maximum atomic E-state index is 9.26. The molecule has 0 saturated carbocycles. The van der Waals surface area contributed by atoms with E-state index in [1.807, 2.05) is 12.1 Å². The van der Waals surface area contributed by atoms with Crippen molar-refractivity contribution in [2.24, 2.45) is 10.9 Å². The third kappa shape index (κ3) is 3.86. The average Bonchev–Trinajstić information content (AvgIpc) is 2.46. The van der Waals surface area contributed by atoms with Gasteiger partial charge in [-0.1, -0.05) is 19.0 Å². The maximum Gasteiger partial charge on any atom is 0.171 e. The molecule has 1 aromatic carbocycles. The second kappa shape index (κ2) is 8.11. The number of amidine groups is 1. The van der Waals surface area contributed by atoms with Crippen molar-refractivity contribution in [1.29, 1.82) is 0 Å². The van der Waals surface area contributed by atoms with Crippen LogP contribution in [-0.4, -0.2) is 35.3 Å². The van der Waals surface area contributed by atoms with Crippen molar-refractivity contribution in [1.82, 2.24) is 0 Å². The Labute approximate surface area is 128 Å². The van der Waals surface area contributed by atoms with Gasteiger partial charge < -0.3 is 20.9 Å². The maximum absolute atomic E-state index is 9.26. The van der Waals surface area contributed by atoms with Crippen LogP contribution in [0.5, 0.6) is 0 Å².